The number of aryl methyl sites for hydroxylation is 1. The maximum atomic E-state index is 14.0. The molecule has 0 aromatic heterocycles. The van der Waals surface area contributed by atoms with Crippen LogP contribution in [0.15, 0.2) is 70.9 Å². The summed E-state index contributed by atoms with van der Waals surface area (Å²) in [7, 11) is 2.87. The first kappa shape index (κ1) is 28.7. The maximum Gasteiger partial charge on any atom is 0.238 e. The van der Waals surface area contributed by atoms with E-state index >= 15 is 0 Å². The van der Waals surface area contributed by atoms with Crippen LogP contribution >= 0.6 is 11.6 Å². The summed E-state index contributed by atoms with van der Waals surface area (Å²) in [4.78, 5) is 55.7. The Morgan fingerprint density at radius 1 is 0.977 bits per heavy atom. The maximum absolute atomic E-state index is 14.0. The molecule has 2 aromatic rings. The number of aromatic hydroxyl groups is 1. The Morgan fingerprint density at radius 2 is 1.67 bits per heavy atom. The summed E-state index contributed by atoms with van der Waals surface area (Å²) in [6.45, 7) is 3.46. The number of benzene rings is 2. The molecule has 0 radical (unpaired) electrons. The van der Waals surface area contributed by atoms with Crippen molar-refractivity contribution >= 4 is 46.7 Å². The van der Waals surface area contributed by atoms with Crippen LogP contribution in [0, 0.1) is 30.6 Å². The molecule has 43 heavy (non-hydrogen) atoms. The third-order valence-corrected chi connectivity index (χ3v) is 9.41. The van der Waals surface area contributed by atoms with E-state index in [1.54, 1.807) is 43.3 Å². The summed E-state index contributed by atoms with van der Waals surface area (Å²) in [5, 5.41) is 10.8. The lowest BCUT2D eigenvalue weighted by molar-refractivity contribution is -0.123. The number of imide groups is 1. The van der Waals surface area contributed by atoms with Gasteiger partial charge < -0.3 is 14.6 Å². The minimum atomic E-state index is -0.680. The van der Waals surface area contributed by atoms with E-state index in [9.17, 15) is 24.3 Å². The lowest BCUT2D eigenvalue weighted by Gasteiger charge is -2.41. The van der Waals surface area contributed by atoms with Gasteiger partial charge >= 0.3 is 0 Å². The number of hydrogen-bond acceptors (Lipinski definition) is 7. The van der Waals surface area contributed by atoms with Gasteiger partial charge in [-0.15, -0.1) is 0 Å². The summed E-state index contributed by atoms with van der Waals surface area (Å²) < 4.78 is 10.6. The first-order valence-corrected chi connectivity index (χ1v) is 14.4. The molecule has 220 valence electrons. The highest BCUT2D eigenvalue weighted by Crippen LogP contribution is 2.53. The van der Waals surface area contributed by atoms with Crippen LogP contribution in [-0.2, 0) is 19.2 Å². The van der Waals surface area contributed by atoms with Crippen molar-refractivity contribution in [3.05, 3.63) is 87.0 Å². The van der Waals surface area contributed by atoms with Crippen molar-refractivity contribution in [1.82, 2.24) is 0 Å². The molecule has 1 heterocycles. The standard InChI is InChI=1S/C34H30ClNO7/c1-16-5-7-19(14-25(16)35)36-33(40)22-10-9-20-21(8-6-18-12-27(42-3)32(39)28(13-18)43-4)29-24(15-23(20)30(22)34(36)41)31(38)17(2)11-26(29)37/h5-9,11-14,21-23,30,39H,10,15H2,1-4H3. The zero-order valence-corrected chi connectivity index (χ0v) is 24.9. The van der Waals surface area contributed by atoms with E-state index in [2.05, 4.69) is 0 Å². The first-order chi connectivity index (χ1) is 20.5. The number of allylic oxidation sites excluding steroid dienone is 7. The van der Waals surface area contributed by atoms with E-state index in [1.807, 2.05) is 19.1 Å². The molecule has 0 spiro atoms. The minimum absolute atomic E-state index is 0.136. The number of Topliss-reactive ketones (excluding diaryl/α,β-unsaturated/α-hetero) is 1. The molecule has 1 saturated heterocycles. The average Bonchev–Trinajstić information content (AvgIpc) is 3.25. The van der Waals surface area contributed by atoms with Crippen molar-refractivity contribution in [2.24, 2.45) is 23.7 Å². The van der Waals surface area contributed by atoms with E-state index in [4.69, 9.17) is 21.1 Å². The largest absolute Gasteiger partial charge is 0.502 e. The molecule has 3 aliphatic carbocycles. The molecular formula is C34H30ClNO7. The predicted octanol–water partition coefficient (Wildman–Crippen LogP) is 5.55. The third kappa shape index (κ3) is 4.52. The van der Waals surface area contributed by atoms with E-state index in [0.717, 1.165) is 11.1 Å². The zero-order chi connectivity index (χ0) is 30.7. The van der Waals surface area contributed by atoms with Gasteiger partial charge in [-0.05, 0) is 74.1 Å². The van der Waals surface area contributed by atoms with Crippen molar-refractivity contribution in [3.8, 4) is 17.2 Å². The monoisotopic (exact) mass is 599 g/mol. The number of hydrogen-bond donors (Lipinski definition) is 1. The van der Waals surface area contributed by atoms with E-state index in [1.165, 1.54) is 25.2 Å². The van der Waals surface area contributed by atoms with E-state index in [-0.39, 0.29) is 47.1 Å². The van der Waals surface area contributed by atoms with Gasteiger partial charge in [0, 0.05) is 27.7 Å². The van der Waals surface area contributed by atoms with Crippen LogP contribution in [0.5, 0.6) is 17.2 Å². The fraction of sp³-hybridized carbons (Fsp3) is 0.294. The van der Waals surface area contributed by atoms with Gasteiger partial charge in [-0.2, -0.15) is 0 Å². The molecule has 0 saturated carbocycles. The second-order valence-corrected chi connectivity index (χ2v) is 11.8. The zero-order valence-electron chi connectivity index (χ0n) is 24.1. The van der Waals surface area contributed by atoms with Gasteiger partial charge in [-0.25, -0.2) is 4.90 Å². The Bertz CT molecular complexity index is 1720. The Labute approximate surface area is 253 Å². The lowest BCUT2D eigenvalue weighted by Crippen LogP contribution is -2.40. The van der Waals surface area contributed by atoms with Crippen LogP contribution in [0.2, 0.25) is 5.02 Å². The second kappa shape index (κ2) is 10.7. The number of ketones is 2. The predicted molar refractivity (Wildman–Crippen MR) is 161 cm³/mol. The van der Waals surface area contributed by atoms with Crippen molar-refractivity contribution in [2.45, 2.75) is 26.7 Å². The number of methoxy groups -OCH3 is 2. The van der Waals surface area contributed by atoms with Crippen molar-refractivity contribution in [1.29, 1.82) is 0 Å². The van der Waals surface area contributed by atoms with Crippen molar-refractivity contribution in [2.75, 3.05) is 19.1 Å². The SMILES string of the molecule is COc1cc(C=CC2C3=CCC4C(=O)N(c5ccc(C)c(Cl)c5)C(=O)C4C3CC3=C2C(=O)C=C(C)C3=O)cc(OC)c1O. The fourth-order valence-electron chi connectivity index (χ4n) is 6.85. The number of ether oxygens (including phenoxy) is 2. The number of fused-ring (bicyclic) bond motifs is 3. The minimum Gasteiger partial charge on any atom is -0.502 e. The summed E-state index contributed by atoms with van der Waals surface area (Å²) in [6, 6.07) is 8.39. The molecule has 2 amide bonds. The van der Waals surface area contributed by atoms with Gasteiger partial charge in [0.25, 0.3) is 0 Å². The van der Waals surface area contributed by atoms with E-state index < -0.39 is 23.7 Å². The average molecular weight is 600 g/mol. The first-order valence-electron chi connectivity index (χ1n) is 14.0. The second-order valence-electron chi connectivity index (χ2n) is 11.4. The van der Waals surface area contributed by atoms with Gasteiger partial charge in [0.15, 0.2) is 23.1 Å². The van der Waals surface area contributed by atoms with Crippen LogP contribution in [-0.4, -0.2) is 42.7 Å². The van der Waals surface area contributed by atoms with Gasteiger partial charge in [0.05, 0.1) is 31.7 Å². The molecule has 8 nitrogen and oxygen atoms in total. The summed E-state index contributed by atoms with van der Waals surface area (Å²) in [5.41, 5.74) is 3.87. The number of nitrogens with zero attached hydrogens (tertiary/aromatic N) is 1. The summed E-state index contributed by atoms with van der Waals surface area (Å²) >= 11 is 6.34. The summed E-state index contributed by atoms with van der Waals surface area (Å²) in [6.07, 6.45) is 7.47. The lowest BCUT2D eigenvalue weighted by atomic mass is 9.60. The molecule has 2 aromatic carbocycles. The van der Waals surface area contributed by atoms with Crippen LogP contribution in [0.1, 0.15) is 30.9 Å². The Balaban J connectivity index is 1.43. The van der Waals surface area contributed by atoms with Crippen LogP contribution in [0.3, 0.4) is 0 Å². The Kier molecular flexibility index (Phi) is 7.13. The highest BCUT2D eigenvalue weighted by Gasteiger charge is 2.56. The van der Waals surface area contributed by atoms with Crippen molar-refractivity contribution in [3.63, 3.8) is 0 Å². The van der Waals surface area contributed by atoms with Gasteiger partial charge in [-0.3, -0.25) is 19.2 Å². The molecule has 1 N–H and O–H groups in total. The number of phenols is 1. The molecular weight excluding hydrogens is 570 g/mol. The Hall–Kier alpha value is -4.43. The molecule has 1 fully saturated rings. The molecule has 4 unspecified atom stereocenters. The van der Waals surface area contributed by atoms with Gasteiger partial charge in [0.2, 0.25) is 17.6 Å². The number of rotatable bonds is 5. The molecule has 6 rings (SSSR count). The smallest absolute Gasteiger partial charge is 0.238 e. The molecule has 4 atom stereocenters. The van der Waals surface area contributed by atoms with Gasteiger partial charge in [-0.1, -0.05) is 41.5 Å². The number of carbonyl (C=O) groups excluding carboxylic acids is 4. The van der Waals surface area contributed by atoms with Crippen LogP contribution in [0.4, 0.5) is 5.69 Å². The number of phenolic OH excluding ortho intramolecular Hbond substituents is 1. The third-order valence-electron chi connectivity index (χ3n) is 9.01. The normalized spacial score (nSPS) is 25.0. The van der Waals surface area contributed by atoms with E-state index in [0.29, 0.717) is 39.4 Å². The molecule has 9 heteroatoms. The number of anilines is 1. The van der Waals surface area contributed by atoms with Crippen LogP contribution in [0.25, 0.3) is 6.08 Å². The highest BCUT2D eigenvalue weighted by atomic mass is 35.5. The van der Waals surface area contributed by atoms with Gasteiger partial charge in [0.1, 0.15) is 0 Å². The van der Waals surface area contributed by atoms with Crippen LogP contribution < -0.4 is 14.4 Å². The highest BCUT2D eigenvalue weighted by molar-refractivity contribution is 6.32. The molecule has 0 bridgehead atoms. The fourth-order valence-corrected chi connectivity index (χ4v) is 7.03. The number of carbonyl (C=O) groups is 4. The topological polar surface area (TPSA) is 110 Å². The number of amides is 2. The number of halogens is 1. The Morgan fingerprint density at radius 3 is 2.33 bits per heavy atom. The molecule has 1 aliphatic heterocycles. The summed E-state index contributed by atoms with van der Waals surface area (Å²) in [5.74, 6) is -3.07. The molecule has 4 aliphatic rings. The van der Waals surface area contributed by atoms with Crippen molar-refractivity contribution < 1.29 is 33.8 Å². The quantitative estimate of drug-likeness (QED) is 0.272.